The minimum atomic E-state index is -3.49. The lowest BCUT2D eigenvalue weighted by Gasteiger charge is -2.10. The normalized spacial score (nSPS) is 11.1. The number of nitrogens with one attached hydrogen (secondary N) is 1. The Morgan fingerprint density at radius 2 is 2.11 bits per heavy atom. The number of nitrogens with two attached hydrogens (primary N) is 1. The number of hydrogen-bond donors (Lipinski definition) is 2. The van der Waals surface area contributed by atoms with E-state index >= 15 is 0 Å². The molecule has 0 aliphatic rings. The second-order valence-electron chi connectivity index (χ2n) is 3.82. The van der Waals surface area contributed by atoms with Crippen LogP contribution in [0.2, 0.25) is 0 Å². The van der Waals surface area contributed by atoms with Crippen molar-refractivity contribution in [1.29, 1.82) is 0 Å². The number of carbonyl (C=O) groups excluding carboxylic acids is 1. The number of ether oxygens (including phenoxy) is 1. The van der Waals surface area contributed by atoms with E-state index in [1.165, 1.54) is 7.11 Å². The summed E-state index contributed by atoms with van der Waals surface area (Å²) in [4.78, 5) is 11.3. The van der Waals surface area contributed by atoms with Crippen molar-refractivity contribution in [3.63, 3.8) is 0 Å². The molecule has 0 bridgehead atoms. The Morgan fingerprint density at radius 3 is 2.67 bits per heavy atom. The van der Waals surface area contributed by atoms with Gasteiger partial charge in [0.1, 0.15) is 0 Å². The summed E-state index contributed by atoms with van der Waals surface area (Å²) >= 11 is 0. The Kier molecular flexibility index (Phi) is 4.69. The van der Waals surface area contributed by atoms with Crippen molar-refractivity contribution in [3.05, 3.63) is 29.3 Å². The molecule has 0 unspecified atom stereocenters. The van der Waals surface area contributed by atoms with Crippen LogP contribution < -0.4 is 10.5 Å². The zero-order chi connectivity index (χ0) is 13.8. The van der Waals surface area contributed by atoms with Gasteiger partial charge in [-0.25, -0.2) is 18.4 Å². The van der Waals surface area contributed by atoms with Gasteiger partial charge in [-0.1, -0.05) is 6.07 Å². The third kappa shape index (κ3) is 4.34. The van der Waals surface area contributed by atoms with E-state index in [1.807, 2.05) is 6.92 Å². The van der Waals surface area contributed by atoms with Gasteiger partial charge in [-0.3, -0.25) is 0 Å². The van der Waals surface area contributed by atoms with E-state index in [1.54, 1.807) is 18.2 Å². The van der Waals surface area contributed by atoms with E-state index in [0.29, 0.717) is 11.3 Å². The minimum Gasteiger partial charge on any atom is -0.465 e. The van der Waals surface area contributed by atoms with Crippen LogP contribution in [0.25, 0.3) is 0 Å². The lowest BCUT2D eigenvalue weighted by molar-refractivity contribution is 0.0601. The summed E-state index contributed by atoms with van der Waals surface area (Å²) in [5.41, 5.74) is 1.99. The summed E-state index contributed by atoms with van der Waals surface area (Å²) in [5.74, 6) is -0.612. The molecule has 6 nitrogen and oxygen atoms in total. The molecule has 0 saturated heterocycles. The maximum absolute atomic E-state index is 11.3. The first kappa shape index (κ1) is 14.5. The van der Waals surface area contributed by atoms with E-state index in [0.717, 1.165) is 5.56 Å². The maximum Gasteiger partial charge on any atom is 0.337 e. The predicted octanol–water partition coefficient (Wildman–Crippen LogP) is 0.482. The average molecular weight is 272 g/mol. The third-order valence-corrected chi connectivity index (χ3v) is 3.13. The van der Waals surface area contributed by atoms with Gasteiger partial charge in [0.25, 0.3) is 0 Å². The van der Waals surface area contributed by atoms with Gasteiger partial charge in [0.2, 0.25) is 10.0 Å². The molecule has 0 heterocycles. The number of sulfonamides is 1. The summed E-state index contributed by atoms with van der Waals surface area (Å²) in [6.45, 7) is 2.03. The molecule has 1 aromatic carbocycles. The van der Waals surface area contributed by atoms with E-state index in [4.69, 9.17) is 5.14 Å². The van der Waals surface area contributed by atoms with Crippen molar-refractivity contribution in [2.45, 2.75) is 6.92 Å². The molecule has 0 fully saturated rings. The largest absolute Gasteiger partial charge is 0.465 e. The number of rotatable bonds is 5. The number of anilines is 1. The SMILES string of the molecule is COC(=O)c1ccc(C)c(NCCS(N)(=O)=O)c1. The molecule has 0 aromatic heterocycles. The van der Waals surface area contributed by atoms with Crippen LogP contribution in [0.15, 0.2) is 18.2 Å². The van der Waals surface area contributed by atoms with Crippen LogP contribution in [0, 0.1) is 6.92 Å². The van der Waals surface area contributed by atoms with Crippen molar-refractivity contribution in [2.75, 3.05) is 24.7 Å². The van der Waals surface area contributed by atoms with Crippen molar-refractivity contribution in [3.8, 4) is 0 Å². The van der Waals surface area contributed by atoms with Crippen molar-refractivity contribution >= 4 is 21.7 Å². The first-order valence-corrected chi connectivity index (χ1v) is 6.98. The average Bonchev–Trinajstić information content (AvgIpc) is 2.29. The van der Waals surface area contributed by atoms with E-state index in [2.05, 4.69) is 10.1 Å². The molecule has 1 rings (SSSR count). The fraction of sp³-hybridized carbons (Fsp3) is 0.364. The van der Waals surface area contributed by atoms with Crippen LogP contribution in [0.5, 0.6) is 0 Å². The van der Waals surface area contributed by atoms with Gasteiger partial charge in [0.15, 0.2) is 0 Å². The number of esters is 1. The zero-order valence-corrected chi connectivity index (χ0v) is 11.1. The number of hydrogen-bond acceptors (Lipinski definition) is 5. The highest BCUT2D eigenvalue weighted by molar-refractivity contribution is 7.89. The molecule has 0 radical (unpaired) electrons. The summed E-state index contributed by atoms with van der Waals surface area (Å²) in [6.07, 6.45) is 0. The molecule has 3 N–H and O–H groups in total. The van der Waals surface area contributed by atoms with Gasteiger partial charge in [-0.05, 0) is 24.6 Å². The minimum absolute atomic E-state index is 0.172. The van der Waals surface area contributed by atoms with E-state index in [9.17, 15) is 13.2 Å². The molecule has 100 valence electrons. The van der Waals surface area contributed by atoms with Gasteiger partial charge in [0, 0.05) is 12.2 Å². The van der Waals surface area contributed by atoms with Crippen molar-refractivity contribution < 1.29 is 17.9 Å². The molecule has 0 aliphatic carbocycles. The van der Waals surface area contributed by atoms with E-state index < -0.39 is 16.0 Å². The van der Waals surface area contributed by atoms with Crippen LogP contribution >= 0.6 is 0 Å². The van der Waals surface area contributed by atoms with Crippen LogP contribution in [0.4, 0.5) is 5.69 Å². The van der Waals surface area contributed by atoms with Crippen molar-refractivity contribution in [1.82, 2.24) is 0 Å². The van der Waals surface area contributed by atoms with Crippen molar-refractivity contribution in [2.24, 2.45) is 5.14 Å². The molecular weight excluding hydrogens is 256 g/mol. The molecular formula is C11H16N2O4S. The topological polar surface area (TPSA) is 98.5 Å². The van der Waals surface area contributed by atoms with Gasteiger partial charge in [0.05, 0.1) is 18.4 Å². The third-order valence-electron chi connectivity index (χ3n) is 2.36. The standard InChI is InChI=1S/C11H16N2O4S/c1-8-3-4-9(11(14)17-2)7-10(8)13-5-6-18(12,15)16/h3-4,7,13H,5-6H2,1-2H3,(H2,12,15,16). The fourth-order valence-corrected chi connectivity index (χ4v) is 1.77. The number of methoxy groups -OCH3 is 1. The Hall–Kier alpha value is -1.60. The first-order chi connectivity index (χ1) is 8.33. The molecule has 7 heteroatoms. The molecule has 0 aliphatic heterocycles. The van der Waals surface area contributed by atoms with Crippen LogP contribution in [-0.4, -0.2) is 33.8 Å². The summed E-state index contributed by atoms with van der Waals surface area (Å²) < 4.78 is 26.2. The zero-order valence-electron chi connectivity index (χ0n) is 10.3. The smallest absolute Gasteiger partial charge is 0.337 e. The lowest BCUT2D eigenvalue weighted by Crippen LogP contribution is -2.22. The highest BCUT2D eigenvalue weighted by atomic mass is 32.2. The number of aryl methyl sites for hydroxylation is 1. The monoisotopic (exact) mass is 272 g/mol. The summed E-state index contributed by atoms with van der Waals surface area (Å²) in [5, 5.41) is 7.82. The second kappa shape index (κ2) is 5.83. The highest BCUT2D eigenvalue weighted by Gasteiger charge is 2.08. The Bertz CT molecular complexity index is 540. The Morgan fingerprint density at radius 1 is 1.44 bits per heavy atom. The van der Waals surface area contributed by atoms with Gasteiger partial charge >= 0.3 is 5.97 Å². The summed E-state index contributed by atoms with van der Waals surface area (Å²) in [7, 11) is -2.19. The Labute approximate surface area is 106 Å². The molecule has 18 heavy (non-hydrogen) atoms. The molecule has 0 spiro atoms. The molecule has 0 saturated carbocycles. The van der Waals surface area contributed by atoms with Crippen LogP contribution in [0.1, 0.15) is 15.9 Å². The van der Waals surface area contributed by atoms with Crippen LogP contribution in [0.3, 0.4) is 0 Å². The van der Waals surface area contributed by atoms with Gasteiger partial charge < -0.3 is 10.1 Å². The molecule has 0 atom stereocenters. The predicted molar refractivity (Wildman–Crippen MR) is 69.0 cm³/mol. The Balaban J connectivity index is 2.79. The first-order valence-electron chi connectivity index (χ1n) is 5.27. The quantitative estimate of drug-likeness (QED) is 0.760. The van der Waals surface area contributed by atoms with Gasteiger partial charge in [-0.2, -0.15) is 0 Å². The highest BCUT2D eigenvalue weighted by Crippen LogP contribution is 2.17. The van der Waals surface area contributed by atoms with Crippen LogP contribution in [-0.2, 0) is 14.8 Å². The number of primary sulfonamides is 1. The van der Waals surface area contributed by atoms with E-state index in [-0.39, 0.29) is 12.3 Å². The molecule has 1 aromatic rings. The fourth-order valence-electron chi connectivity index (χ4n) is 1.39. The number of benzene rings is 1. The lowest BCUT2D eigenvalue weighted by atomic mass is 10.1. The van der Waals surface area contributed by atoms with Gasteiger partial charge in [-0.15, -0.1) is 0 Å². The maximum atomic E-state index is 11.3. The number of carbonyl (C=O) groups is 1. The molecule has 0 amide bonds. The summed E-state index contributed by atoms with van der Waals surface area (Å²) in [6, 6.07) is 5.02. The second-order valence-corrected chi connectivity index (χ2v) is 5.55.